The summed E-state index contributed by atoms with van der Waals surface area (Å²) in [5.41, 5.74) is 5.50. The molecule has 0 radical (unpaired) electrons. The lowest BCUT2D eigenvalue weighted by molar-refractivity contribution is -0.101. The molecule has 5 heterocycles. The van der Waals surface area contributed by atoms with E-state index in [1.54, 1.807) is 0 Å². The highest BCUT2D eigenvalue weighted by molar-refractivity contribution is 6.49. The van der Waals surface area contributed by atoms with Crippen molar-refractivity contribution in [1.29, 1.82) is 0 Å². The van der Waals surface area contributed by atoms with E-state index in [4.69, 9.17) is 31.0 Å². The summed E-state index contributed by atoms with van der Waals surface area (Å²) in [6, 6.07) is 7.20. The van der Waals surface area contributed by atoms with E-state index >= 15 is 0 Å². The number of aromatic nitrogens is 2. The van der Waals surface area contributed by atoms with Gasteiger partial charge in [0.1, 0.15) is 18.0 Å². The Morgan fingerprint density at radius 2 is 1.97 bits per heavy atom. The van der Waals surface area contributed by atoms with Gasteiger partial charge in [-0.3, -0.25) is 0 Å². The Labute approximate surface area is 231 Å². The number of hydrogen-bond donors (Lipinski definition) is 0. The number of anilines is 2. The van der Waals surface area contributed by atoms with Gasteiger partial charge in [-0.1, -0.05) is 36.9 Å². The molecule has 1 unspecified atom stereocenters. The van der Waals surface area contributed by atoms with Crippen LogP contribution in [0.3, 0.4) is 0 Å². The second-order valence-electron chi connectivity index (χ2n) is 11.4. The van der Waals surface area contributed by atoms with Crippen LogP contribution in [0.1, 0.15) is 54.5 Å². The van der Waals surface area contributed by atoms with Gasteiger partial charge in [-0.25, -0.2) is 0 Å². The molecule has 1 atom stereocenters. The Bertz CT molecular complexity index is 1250. The molecule has 8 heteroatoms. The number of aryl methyl sites for hydroxylation is 1. The number of halogens is 1. The van der Waals surface area contributed by atoms with Gasteiger partial charge in [-0.2, -0.15) is 9.97 Å². The number of benzene rings is 1. The van der Waals surface area contributed by atoms with Gasteiger partial charge >= 0.3 is 6.01 Å². The van der Waals surface area contributed by atoms with Crippen molar-refractivity contribution in [2.24, 2.45) is 0 Å². The molecule has 0 aliphatic carbocycles. The normalized spacial score (nSPS) is 22.7. The van der Waals surface area contributed by atoms with Crippen LogP contribution in [0.2, 0.25) is 0 Å². The van der Waals surface area contributed by atoms with Crippen LogP contribution in [0, 0.1) is 6.92 Å². The predicted molar refractivity (Wildman–Crippen MR) is 153 cm³/mol. The van der Waals surface area contributed by atoms with Crippen molar-refractivity contribution < 1.29 is 9.47 Å². The van der Waals surface area contributed by atoms with Crippen molar-refractivity contribution in [3.8, 4) is 6.01 Å². The maximum Gasteiger partial charge on any atom is 0.318 e. The van der Waals surface area contributed by atoms with E-state index < -0.39 is 0 Å². The van der Waals surface area contributed by atoms with Crippen molar-refractivity contribution >= 4 is 28.1 Å². The zero-order valence-corrected chi connectivity index (χ0v) is 23.4. The fourth-order valence-electron chi connectivity index (χ4n) is 6.61. The van der Waals surface area contributed by atoms with Crippen molar-refractivity contribution in [2.75, 3.05) is 49.6 Å². The van der Waals surface area contributed by atoms with E-state index in [1.807, 2.05) is 0 Å². The first kappa shape index (κ1) is 25.5. The minimum absolute atomic E-state index is 0.0185. The fraction of sp³-hybridized carbons (Fsp3) is 0.533. The fourth-order valence-corrected chi connectivity index (χ4v) is 6.86. The zero-order valence-electron chi connectivity index (χ0n) is 22.6. The second kappa shape index (κ2) is 10.1. The summed E-state index contributed by atoms with van der Waals surface area (Å²) in [7, 11) is 2.17. The van der Waals surface area contributed by atoms with Gasteiger partial charge < -0.3 is 24.2 Å². The Morgan fingerprint density at radius 3 is 2.66 bits per heavy atom. The first-order chi connectivity index (χ1) is 18.3. The molecule has 202 valence electrons. The average molecular weight is 536 g/mol. The Kier molecular flexibility index (Phi) is 6.77. The molecule has 0 bridgehead atoms. The van der Waals surface area contributed by atoms with Crippen LogP contribution in [-0.2, 0) is 17.7 Å². The lowest BCUT2D eigenvalue weighted by atomic mass is 9.83. The van der Waals surface area contributed by atoms with Crippen molar-refractivity contribution in [2.45, 2.75) is 63.6 Å². The van der Waals surface area contributed by atoms with Gasteiger partial charge in [0.2, 0.25) is 0 Å². The Hall–Kier alpha value is -2.77. The molecule has 1 aromatic carbocycles. The summed E-state index contributed by atoms with van der Waals surface area (Å²) < 4.78 is 12.3. The van der Waals surface area contributed by atoms with Crippen molar-refractivity contribution in [3.05, 3.63) is 59.5 Å². The maximum absolute atomic E-state index is 6.46. The van der Waals surface area contributed by atoms with Crippen LogP contribution in [0.25, 0.3) is 5.03 Å². The summed E-state index contributed by atoms with van der Waals surface area (Å²) in [5.74, 6) is 1.95. The molecule has 0 saturated carbocycles. The number of rotatable bonds is 6. The smallest absolute Gasteiger partial charge is 0.318 e. The topological polar surface area (TPSA) is 54.0 Å². The van der Waals surface area contributed by atoms with Crippen LogP contribution >= 0.6 is 11.6 Å². The molecule has 7 nitrogen and oxygen atoms in total. The van der Waals surface area contributed by atoms with Gasteiger partial charge in [0.15, 0.2) is 0 Å². The van der Waals surface area contributed by atoms with E-state index in [0.29, 0.717) is 30.2 Å². The monoisotopic (exact) mass is 535 g/mol. The standard InChI is InChI=1S/C30H38ClN5O2/c1-20-7-5-9-26(27(20)22(3)31)36-14-10-24-25(18-36)32-29(37-19-23-8-6-13-34(23)4)33-28(24)35-15-11-30(12-16-35)17-21(2)38-30/h5,7,9,23H,2-3,6,8,10-19H2,1,4H3. The lowest BCUT2D eigenvalue weighted by Gasteiger charge is -2.49. The first-order valence-electron chi connectivity index (χ1n) is 13.9. The molecule has 0 amide bonds. The number of piperidine rings is 1. The summed E-state index contributed by atoms with van der Waals surface area (Å²) >= 11 is 6.46. The van der Waals surface area contributed by atoms with Crippen LogP contribution in [0.4, 0.5) is 11.5 Å². The largest absolute Gasteiger partial charge is 0.491 e. The third kappa shape index (κ3) is 4.75. The van der Waals surface area contributed by atoms with Crippen molar-refractivity contribution in [1.82, 2.24) is 14.9 Å². The molecule has 3 fully saturated rings. The minimum Gasteiger partial charge on any atom is -0.491 e. The molecule has 6 rings (SSSR count). The van der Waals surface area contributed by atoms with Gasteiger partial charge in [0.25, 0.3) is 0 Å². The zero-order chi connectivity index (χ0) is 26.4. The number of nitrogens with zero attached hydrogens (tertiary/aromatic N) is 5. The molecule has 4 aliphatic rings. The van der Waals surface area contributed by atoms with Gasteiger partial charge in [-0.05, 0) is 51.4 Å². The highest BCUT2D eigenvalue weighted by atomic mass is 35.5. The van der Waals surface area contributed by atoms with Crippen LogP contribution in [-0.4, -0.2) is 66.3 Å². The van der Waals surface area contributed by atoms with Crippen molar-refractivity contribution in [3.63, 3.8) is 0 Å². The predicted octanol–water partition coefficient (Wildman–Crippen LogP) is 5.30. The summed E-state index contributed by atoms with van der Waals surface area (Å²) in [5, 5.41) is 0.570. The minimum atomic E-state index is -0.0185. The van der Waals surface area contributed by atoms with Gasteiger partial charge in [0.05, 0.1) is 18.0 Å². The molecule has 3 saturated heterocycles. The van der Waals surface area contributed by atoms with Gasteiger partial charge in [-0.15, -0.1) is 0 Å². The van der Waals surface area contributed by atoms with Crippen LogP contribution < -0.4 is 14.5 Å². The SMILES string of the molecule is C=C1CC2(CCN(c3nc(OCC4CCCN4C)nc4c3CCN(c3cccc(C)c3C(=C)Cl)C4)CC2)O1. The second-order valence-corrected chi connectivity index (χ2v) is 11.8. The third-order valence-corrected chi connectivity index (χ3v) is 9.01. The number of likely N-dealkylation sites (N-methyl/N-ethyl adjacent to an activating group) is 1. The molecule has 38 heavy (non-hydrogen) atoms. The number of likely N-dealkylation sites (tertiary alicyclic amines) is 1. The number of hydrogen-bond acceptors (Lipinski definition) is 7. The van der Waals surface area contributed by atoms with E-state index in [9.17, 15) is 0 Å². The molecule has 1 aromatic heterocycles. The molecular formula is C30H38ClN5O2. The highest BCUT2D eigenvalue weighted by Gasteiger charge is 2.45. The van der Waals surface area contributed by atoms with Crippen LogP contribution in [0.5, 0.6) is 6.01 Å². The lowest BCUT2D eigenvalue weighted by Crippen LogP contribution is -2.51. The summed E-state index contributed by atoms with van der Waals surface area (Å²) in [6.07, 6.45) is 6.19. The highest BCUT2D eigenvalue weighted by Crippen LogP contribution is 2.44. The van der Waals surface area contributed by atoms with E-state index in [0.717, 1.165) is 92.4 Å². The van der Waals surface area contributed by atoms with E-state index in [1.165, 1.54) is 12.0 Å². The van der Waals surface area contributed by atoms with E-state index in [2.05, 4.69) is 60.0 Å². The van der Waals surface area contributed by atoms with E-state index in [-0.39, 0.29) is 5.60 Å². The molecular weight excluding hydrogens is 498 g/mol. The quantitative estimate of drug-likeness (QED) is 0.497. The Balaban J connectivity index is 1.29. The molecule has 0 N–H and O–H groups in total. The summed E-state index contributed by atoms with van der Waals surface area (Å²) in [4.78, 5) is 17.2. The molecule has 4 aliphatic heterocycles. The molecule has 2 aromatic rings. The summed E-state index contributed by atoms with van der Waals surface area (Å²) in [6.45, 7) is 15.2. The number of fused-ring (bicyclic) bond motifs is 1. The first-order valence-corrected chi connectivity index (χ1v) is 14.2. The van der Waals surface area contributed by atoms with Crippen LogP contribution in [0.15, 0.2) is 37.1 Å². The Morgan fingerprint density at radius 1 is 1.18 bits per heavy atom. The van der Waals surface area contributed by atoms with Gasteiger partial charge in [0, 0.05) is 66.8 Å². The average Bonchev–Trinajstić information content (AvgIpc) is 3.30. The maximum atomic E-state index is 6.46. The molecule has 1 spiro atoms. The number of ether oxygens (including phenoxy) is 2. The third-order valence-electron chi connectivity index (χ3n) is 8.82.